The number of para-hydroxylation sites is 1. The Kier molecular flexibility index (Phi) is 10.6. The van der Waals surface area contributed by atoms with Gasteiger partial charge in [0.25, 0.3) is 0 Å². The molecule has 1 aromatic heterocycles. The fourth-order valence-electron chi connectivity index (χ4n) is 3.16. The number of aliphatic imine (C=N–C) groups is 1. The summed E-state index contributed by atoms with van der Waals surface area (Å²) in [6, 6.07) is 5.28. The first kappa shape index (κ1) is 27.1. The minimum absolute atomic E-state index is 0. The molecule has 2 rings (SSSR count). The molecule has 0 saturated heterocycles. The Morgan fingerprint density at radius 3 is 2.52 bits per heavy atom. The molecule has 0 aliphatic rings. The summed E-state index contributed by atoms with van der Waals surface area (Å²) in [7, 11) is 1.92. The Labute approximate surface area is 198 Å². The van der Waals surface area contributed by atoms with Crippen LogP contribution >= 0.6 is 24.0 Å². The van der Waals surface area contributed by atoms with Crippen molar-refractivity contribution in [3.63, 3.8) is 0 Å². The summed E-state index contributed by atoms with van der Waals surface area (Å²) in [5.41, 5.74) is 2.54. The summed E-state index contributed by atoms with van der Waals surface area (Å²) in [5, 5.41) is 10.9. The summed E-state index contributed by atoms with van der Waals surface area (Å²) >= 11 is 0. The average molecular weight is 553 g/mol. The van der Waals surface area contributed by atoms with Crippen LogP contribution in [0.3, 0.4) is 0 Å². The second-order valence-corrected chi connectivity index (χ2v) is 7.13. The van der Waals surface area contributed by atoms with Crippen molar-refractivity contribution in [2.75, 3.05) is 19.7 Å². The summed E-state index contributed by atoms with van der Waals surface area (Å²) < 4.78 is 46.3. The van der Waals surface area contributed by atoms with Crippen LogP contribution in [0.1, 0.15) is 36.4 Å². The Hall–Kier alpha value is -1.98. The van der Waals surface area contributed by atoms with Crippen LogP contribution in [0.15, 0.2) is 29.3 Å². The normalized spacial score (nSPS) is 12.8. The third-order valence-corrected chi connectivity index (χ3v) is 4.71. The Morgan fingerprint density at radius 1 is 1.26 bits per heavy atom. The molecule has 0 spiro atoms. The maximum absolute atomic E-state index is 13.0. The fourth-order valence-corrected chi connectivity index (χ4v) is 3.16. The molecule has 0 amide bonds. The number of aryl methyl sites for hydroxylation is 2. The lowest BCUT2D eigenvalue weighted by Crippen LogP contribution is -2.43. The monoisotopic (exact) mass is 553 g/mol. The SMILES string of the molecule is CCNC(=NCCOc1ccccc1C(F)(F)F)NC(C)Cc1c(C)nn(C)c1C.I. The molecule has 2 N–H and O–H groups in total. The van der Waals surface area contributed by atoms with E-state index >= 15 is 0 Å². The molecule has 1 atom stereocenters. The smallest absolute Gasteiger partial charge is 0.419 e. The number of hydrogen-bond donors (Lipinski definition) is 2. The summed E-state index contributed by atoms with van der Waals surface area (Å²) in [6.07, 6.45) is -3.67. The van der Waals surface area contributed by atoms with Gasteiger partial charge in [-0.15, -0.1) is 24.0 Å². The van der Waals surface area contributed by atoms with E-state index in [4.69, 9.17) is 4.74 Å². The molecule has 0 radical (unpaired) electrons. The highest BCUT2D eigenvalue weighted by atomic mass is 127. The molecule has 6 nitrogen and oxygen atoms in total. The highest BCUT2D eigenvalue weighted by Gasteiger charge is 2.33. The number of ether oxygens (including phenoxy) is 1. The second kappa shape index (κ2) is 12.2. The van der Waals surface area contributed by atoms with Crippen molar-refractivity contribution in [2.24, 2.45) is 12.0 Å². The van der Waals surface area contributed by atoms with E-state index in [0.29, 0.717) is 12.5 Å². The zero-order valence-corrected chi connectivity index (χ0v) is 20.8. The van der Waals surface area contributed by atoms with E-state index in [9.17, 15) is 13.2 Å². The highest BCUT2D eigenvalue weighted by Crippen LogP contribution is 2.35. The van der Waals surface area contributed by atoms with Crippen molar-refractivity contribution < 1.29 is 17.9 Å². The van der Waals surface area contributed by atoms with Gasteiger partial charge in [0.1, 0.15) is 12.4 Å². The second-order valence-electron chi connectivity index (χ2n) is 7.13. The van der Waals surface area contributed by atoms with E-state index in [1.807, 2.05) is 32.5 Å². The minimum atomic E-state index is -4.45. The molecule has 174 valence electrons. The van der Waals surface area contributed by atoms with Gasteiger partial charge >= 0.3 is 6.18 Å². The number of nitrogens with one attached hydrogen (secondary N) is 2. The van der Waals surface area contributed by atoms with Gasteiger partial charge in [-0.05, 0) is 51.8 Å². The van der Waals surface area contributed by atoms with Crippen molar-refractivity contribution >= 4 is 29.9 Å². The van der Waals surface area contributed by atoms with Gasteiger partial charge in [0, 0.05) is 25.3 Å². The quantitative estimate of drug-likeness (QED) is 0.222. The number of rotatable bonds is 8. The van der Waals surface area contributed by atoms with Crippen LogP contribution in [0.4, 0.5) is 13.2 Å². The van der Waals surface area contributed by atoms with Gasteiger partial charge in [-0.3, -0.25) is 4.68 Å². The van der Waals surface area contributed by atoms with Crippen molar-refractivity contribution in [3.8, 4) is 5.75 Å². The molecule has 0 fully saturated rings. The maximum atomic E-state index is 13.0. The average Bonchev–Trinajstić information content (AvgIpc) is 2.91. The van der Waals surface area contributed by atoms with E-state index in [-0.39, 0.29) is 48.9 Å². The first-order valence-corrected chi connectivity index (χ1v) is 9.96. The topological polar surface area (TPSA) is 63.5 Å². The molecule has 1 heterocycles. The van der Waals surface area contributed by atoms with Crippen LogP contribution in [0.25, 0.3) is 0 Å². The Morgan fingerprint density at radius 2 is 1.94 bits per heavy atom. The van der Waals surface area contributed by atoms with Gasteiger partial charge < -0.3 is 15.4 Å². The summed E-state index contributed by atoms with van der Waals surface area (Å²) in [6.45, 7) is 8.96. The van der Waals surface area contributed by atoms with Crippen LogP contribution in [-0.4, -0.2) is 41.5 Å². The lowest BCUT2D eigenvalue weighted by Gasteiger charge is -2.18. The molecular formula is C21H31F3IN5O. The molecule has 10 heteroatoms. The Balaban J connectivity index is 0.00000480. The van der Waals surface area contributed by atoms with Gasteiger partial charge in [0.05, 0.1) is 17.8 Å². The molecule has 2 aromatic rings. The predicted molar refractivity (Wildman–Crippen MR) is 127 cm³/mol. The molecule has 0 bridgehead atoms. The van der Waals surface area contributed by atoms with Gasteiger partial charge in [0.15, 0.2) is 5.96 Å². The molecular weight excluding hydrogens is 522 g/mol. The first-order valence-electron chi connectivity index (χ1n) is 9.96. The predicted octanol–water partition coefficient (Wildman–Crippen LogP) is 4.24. The molecule has 0 aliphatic carbocycles. The van der Waals surface area contributed by atoms with E-state index in [1.54, 1.807) is 0 Å². The van der Waals surface area contributed by atoms with E-state index in [2.05, 4.69) is 27.6 Å². The minimum Gasteiger partial charge on any atom is -0.491 e. The van der Waals surface area contributed by atoms with Crippen LogP contribution < -0.4 is 15.4 Å². The van der Waals surface area contributed by atoms with E-state index in [1.165, 1.54) is 23.8 Å². The third-order valence-electron chi connectivity index (χ3n) is 4.71. The van der Waals surface area contributed by atoms with Crippen molar-refractivity contribution in [3.05, 3.63) is 46.8 Å². The number of halogens is 4. The largest absolute Gasteiger partial charge is 0.491 e. The zero-order valence-electron chi connectivity index (χ0n) is 18.5. The highest BCUT2D eigenvalue weighted by molar-refractivity contribution is 14.0. The third kappa shape index (κ3) is 7.89. The van der Waals surface area contributed by atoms with Crippen LogP contribution in [0.2, 0.25) is 0 Å². The number of alkyl halides is 3. The lowest BCUT2D eigenvalue weighted by atomic mass is 10.1. The van der Waals surface area contributed by atoms with Crippen molar-refractivity contribution in [1.29, 1.82) is 0 Å². The van der Waals surface area contributed by atoms with Crippen LogP contribution in [-0.2, 0) is 19.6 Å². The van der Waals surface area contributed by atoms with Crippen molar-refractivity contribution in [2.45, 2.75) is 46.3 Å². The Bertz CT molecular complexity index is 867. The molecule has 31 heavy (non-hydrogen) atoms. The van der Waals surface area contributed by atoms with E-state index in [0.717, 1.165) is 23.9 Å². The number of nitrogens with zero attached hydrogens (tertiary/aromatic N) is 3. The van der Waals surface area contributed by atoms with Crippen LogP contribution in [0, 0.1) is 13.8 Å². The number of hydrogen-bond acceptors (Lipinski definition) is 3. The van der Waals surface area contributed by atoms with Crippen LogP contribution in [0.5, 0.6) is 5.75 Å². The zero-order chi connectivity index (χ0) is 22.3. The number of guanidine groups is 1. The number of benzene rings is 1. The maximum Gasteiger partial charge on any atom is 0.419 e. The standard InChI is InChI=1S/C21H30F3N5O.HI/c1-6-25-20(27-14(2)13-17-15(3)28-29(5)16(17)4)26-11-12-30-19-10-8-7-9-18(19)21(22,23)24;/h7-10,14H,6,11-13H2,1-5H3,(H2,25,26,27);1H. The molecule has 0 aliphatic heterocycles. The van der Waals surface area contributed by atoms with E-state index < -0.39 is 11.7 Å². The number of aromatic nitrogens is 2. The van der Waals surface area contributed by atoms with Gasteiger partial charge in [-0.1, -0.05) is 12.1 Å². The summed E-state index contributed by atoms with van der Waals surface area (Å²) in [5.74, 6) is 0.408. The first-order chi connectivity index (χ1) is 14.1. The van der Waals surface area contributed by atoms with Gasteiger partial charge in [-0.2, -0.15) is 18.3 Å². The van der Waals surface area contributed by atoms with Crippen molar-refractivity contribution in [1.82, 2.24) is 20.4 Å². The molecule has 0 saturated carbocycles. The summed E-state index contributed by atoms with van der Waals surface area (Å²) in [4.78, 5) is 4.42. The fraction of sp³-hybridized carbons (Fsp3) is 0.524. The van der Waals surface area contributed by atoms with Gasteiger partial charge in [-0.25, -0.2) is 4.99 Å². The molecule has 1 unspecified atom stereocenters. The lowest BCUT2D eigenvalue weighted by molar-refractivity contribution is -0.138. The molecule has 1 aromatic carbocycles. The van der Waals surface area contributed by atoms with Gasteiger partial charge in [0.2, 0.25) is 0 Å².